The van der Waals surface area contributed by atoms with Gasteiger partial charge in [0.1, 0.15) is 5.82 Å². The van der Waals surface area contributed by atoms with Crippen molar-refractivity contribution in [3.63, 3.8) is 0 Å². The van der Waals surface area contributed by atoms with Gasteiger partial charge in [-0.2, -0.15) is 9.97 Å². The fourth-order valence-electron chi connectivity index (χ4n) is 2.69. The molecule has 1 unspecified atom stereocenters. The SMILES string of the molecule is Cc1cc(C)c2c(N)nc(NCc3ccccc3S(C)=O)nc2n1. The lowest BCUT2D eigenvalue weighted by molar-refractivity contribution is 0.686. The van der Waals surface area contributed by atoms with Crippen LogP contribution in [0.15, 0.2) is 35.2 Å². The predicted octanol–water partition coefficient (Wildman–Crippen LogP) is 2.57. The third kappa shape index (κ3) is 3.21. The van der Waals surface area contributed by atoms with Gasteiger partial charge in [0.15, 0.2) is 5.65 Å². The fourth-order valence-corrected chi connectivity index (χ4v) is 3.47. The molecule has 3 N–H and O–H groups in total. The van der Waals surface area contributed by atoms with Crippen molar-refractivity contribution in [1.29, 1.82) is 0 Å². The minimum absolute atomic E-state index is 0.403. The number of fused-ring (bicyclic) bond motifs is 1. The van der Waals surface area contributed by atoms with E-state index >= 15 is 0 Å². The van der Waals surface area contributed by atoms with E-state index in [-0.39, 0.29) is 0 Å². The number of benzene rings is 1. The number of rotatable bonds is 4. The first kappa shape index (κ1) is 16.3. The average Bonchev–Trinajstić information content (AvgIpc) is 2.52. The van der Waals surface area contributed by atoms with Gasteiger partial charge in [0.05, 0.1) is 16.2 Å². The molecule has 0 aliphatic rings. The van der Waals surface area contributed by atoms with Gasteiger partial charge in [0, 0.05) is 23.4 Å². The van der Waals surface area contributed by atoms with Crippen LogP contribution in [0, 0.1) is 13.8 Å². The van der Waals surface area contributed by atoms with E-state index in [9.17, 15) is 4.21 Å². The maximum atomic E-state index is 11.8. The van der Waals surface area contributed by atoms with E-state index in [0.717, 1.165) is 27.1 Å². The summed E-state index contributed by atoms with van der Waals surface area (Å²) in [4.78, 5) is 14.0. The van der Waals surface area contributed by atoms with Gasteiger partial charge in [-0.3, -0.25) is 4.21 Å². The molecule has 2 aromatic heterocycles. The Morgan fingerprint density at radius 2 is 1.92 bits per heavy atom. The normalized spacial score (nSPS) is 12.3. The summed E-state index contributed by atoms with van der Waals surface area (Å²) in [5, 5.41) is 3.93. The number of hydrogen-bond acceptors (Lipinski definition) is 6. The number of nitrogens with two attached hydrogens (primary N) is 1. The number of aromatic nitrogens is 3. The standard InChI is InChI=1S/C17H19N5OS/c1-10-8-11(2)20-16-14(10)15(18)21-17(22-16)19-9-12-6-4-5-7-13(12)24(3)23/h4-8H,9H2,1-3H3,(H3,18,19,20,21,22). The Kier molecular flexibility index (Phi) is 4.44. The van der Waals surface area contributed by atoms with Crippen molar-refractivity contribution in [2.45, 2.75) is 25.3 Å². The molecular formula is C17H19N5OS. The summed E-state index contributed by atoms with van der Waals surface area (Å²) < 4.78 is 11.8. The van der Waals surface area contributed by atoms with Crippen molar-refractivity contribution in [3.05, 3.63) is 47.2 Å². The lowest BCUT2D eigenvalue weighted by Crippen LogP contribution is -2.09. The molecule has 0 bridgehead atoms. The highest BCUT2D eigenvalue weighted by molar-refractivity contribution is 7.84. The van der Waals surface area contributed by atoms with Crippen LogP contribution in [0.25, 0.3) is 11.0 Å². The first-order valence-corrected chi connectivity index (χ1v) is 9.08. The second kappa shape index (κ2) is 6.52. The van der Waals surface area contributed by atoms with Gasteiger partial charge in [-0.25, -0.2) is 4.98 Å². The molecule has 0 aliphatic carbocycles. The van der Waals surface area contributed by atoms with Gasteiger partial charge in [0.2, 0.25) is 5.95 Å². The van der Waals surface area contributed by atoms with Crippen LogP contribution in [-0.4, -0.2) is 25.4 Å². The van der Waals surface area contributed by atoms with Crippen molar-refractivity contribution < 1.29 is 4.21 Å². The van der Waals surface area contributed by atoms with Crippen LogP contribution in [0.4, 0.5) is 11.8 Å². The summed E-state index contributed by atoms with van der Waals surface area (Å²) in [5.74, 6) is 0.814. The largest absolute Gasteiger partial charge is 0.383 e. The molecular weight excluding hydrogens is 322 g/mol. The highest BCUT2D eigenvalue weighted by Crippen LogP contribution is 2.23. The van der Waals surface area contributed by atoms with Crippen molar-refractivity contribution >= 4 is 33.6 Å². The van der Waals surface area contributed by atoms with Crippen LogP contribution >= 0.6 is 0 Å². The van der Waals surface area contributed by atoms with Crippen LogP contribution in [0.3, 0.4) is 0 Å². The van der Waals surface area contributed by atoms with Crippen molar-refractivity contribution in [3.8, 4) is 0 Å². The molecule has 3 aromatic rings. The maximum Gasteiger partial charge on any atom is 0.226 e. The van der Waals surface area contributed by atoms with E-state index in [2.05, 4.69) is 20.3 Å². The number of aryl methyl sites for hydroxylation is 2. The van der Waals surface area contributed by atoms with Gasteiger partial charge in [-0.15, -0.1) is 0 Å². The van der Waals surface area contributed by atoms with E-state index in [1.807, 2.05) is 44.2 Å². The van der Waals surface area contributed by atoms with Crippen LogP contribution in [-0.2, 0) is 17.3 Å². The van der Waals surface area contributed by atoms with E-state index in [4.69, 9.17) is 5.73 Å². The van der Waals surface area contributed by atoms with Crippen LogP contribution in [0.2, 0.25) is 0 Å². The Hall–Kier alpha value is -2.54. The minimum atomic E-state index is -1.05. The van der Waals surface area contributed by atoms with E-state index in [0.29, 0.717) is 24.0 Å². The molecule has 6 nitrogen and oxygen atoms in total. The number of pyridine rings is 1. The monoisotopic (exact) mass is 341 g/mol. The zero-order valence-electron chi connectivity index (χ0n) is 13.8. The first-order valence-electron chi connectivity index (χ1n) is 7.52. The summed E-state index contributed by atoms with van der Waals surface area (Å²) in [6, 6.07) is 9.54. The molecule has 0 saturated carbocycles. The van der Waals surface area contributed by atoms with Crippen LogP contribution in [0.5, 0.6) is 0 Å². The highest BCUT2D eigenvalue weighted by Gasteiger charge is 2.11. The molecule has 3 rings (SSSR count). The summed E-state index contributed by atoms with van der Waals surface area (Å²) in [6.07, 6.45) is 1.67. The van der Waals surface area contributed by atoms with Crippen molar-refractivity contribution in [2.24, 2.45) is 0 Å². The molecule has 0 amide bonds. The number of anilines is 2. The zero-order chi connectivity index (χ0) is 17.3. The third-order valence-corrected chi connectivity index (χ3v) is 4.76. The van der Waals surface area contributed by atoms with Crippen LogP contribution in [0.1, 0.15) is 16.8 Å². The Morgan fingerprint density at radius 3 is 2.67 bits per heavy atom. The van der Waals surface area contributed by atoms with Gasteiger partial charge in [-0.1, -0.05) is 18.2 Å². The third-order valence-electron chi connectivity index (χ3n) is 3.74. The summed E-state index contributed by atoms with van der Waals surface area (Å²) in [7, 11) is -1.05. The predicted molar refractivity (Wildman–Crippen MR) is 97.3 cm³/mol. The van der Waals surface area contributed by atoms with Gasteiger partial charge in [0.25, 0.3) is 0 Å². The molecule has 0 radical (unpaired) electrons. The number of nitrogens with one attached hydrogen (secondary N) is 1. The van der Waals surface area contributed by atoms with Gasteiger partial charge < -0.3 is 11.1 Å². The molecule has 24 heavy (non-hydrogen) atoms. The second-order valence-electron chi connectivity index (χ2n) is 5.63. The Labute approximate surface area is 143 Å². The molecule has 0 spiro atoms. The van der Waals surface area contributed by atoms with Gasteiger partial charge >= 0.3 is 0 Å². The molecule has 0 aliphatic heterocycles. The number of nitrogens with zero attached hydrogens (tertiary/aromatic N) is 3. The Morgan fingerprint density at radius 1 is 1.17 bits per heavy atom. The smallest absolute Gasteiger partial charge is 0.226 e. The second-order valence-corrected chi connectivity index (χ2v) is 6.98. The van der Waals surface area contributed by atoms with Crippen molar-refractivity contribution in [1.82, 2.24) is 15.0 Å². The molecule has 1 atom stereocenters. The molecule has 0 saturated heterocycles. The van der Waals surface area contributed by atoms with Gasteiger partial charge in [-0.05, 0) is 37.1 Å². The summed E-state index contributed by atoms with van der Waals surface area (Å²) >= 11 is 0. The van der Waals surface area contributed by atoms with E-state index in [1.165, 1.54) is 0 Å². The topological polar surface area (TPSA) is 93.8 Å². The van der Waals surface area contributed by atoms with E-state index < -0.39 is 10.8 Å². The van der Waals surface area contributed by atoms with Crippen molar-refractivity contribution in [2.75, 3.05) is 17.3 Å². The molecule has 7 heteroatoms. The van der Waals surface area contributed by atoms with E-state index in [1.54, 1.807) is 6.26 Å². The first-order chi connectivity index (χ1) is 11.5. The molecule has 1 aromatic carbocycles. The zero-order valence-corrected chi connectivity index (χ0v) is 14.6. The number of nitrogen functional groups attached to an aromatic ring is 1. The maximum absolute atomic E-state index is 11.8. The lowest BCUT2D eigenvalue weighted by Gasteiger charge is -2.11. The molecule has 0 fully saturated rings. The number of hydrogen-bond donors (Lipinski definition) is 2. The quantitative estimate of drug-likeness (QED) is 0.757. The Balaban J connectivity index is 1.93. The van der Waals surface area contributed by atoms with Crippen LogP contribution < -0.4 is 11.1 Å². The summed E-state index contributed by atoms with van der Waals surface area (Å²) in [5.41, 5.74) is 9.49. The summed E-state index contributed by atoms with van der Waals surface area (Å²) in [6.45, 7) is 4.35. The molecule has 124 valence electrons. The highest BCUT2D eigenvalue weighted by atomic mass is 32.2. The lowest BCUT2D eigenvalue weighted by atomic mass is 10.1. The minimum Gasteiger partial charge on any atom is -0.383 e. The average molecular weight is 341 g/mol. The fraction of sp³-hybridized carbons (Fsp3) is 0.235. The molecule has 2 heterocycles. The Bertz CT molecular complexity index is 942.